The molecule has 3 heterocycles. The van der Waals surface area contributed by atoms with Gasteiger partial charge in [-0.15, -0.1) is 0 Å². The lowest BCUT2D eigenvalue weighted by Gasteiger charge is -2.31. The summed E-state index contributed by atoms with van der Waals surface area (Å²) in [5, 5.41) is 4.07. The number of carbonyl (C=O) groups is 1. The molecule has 0 bridgehead atoms. The molecule has 2 unspecified atom stereocenters. The number of fused-ring (bicyclic) bond motifs is 1. The molecular weight excluding hydrogens is 350 g/mol. The first-order valence-corrected chi connectivity index (χ1v) is 10.1. The minimum Gasteiger partial charge on any atom is -0.497 e. The van der Waals surface area contributed by atoms with E-state index in [1.807, 2.05) is 18.2 Å². The topological polar surface area (TPSA) is 63.7 Å². The van der Waals surface area contributed by atoms with E-state index < -0.39 is 0 Å². The Morgan fingerprint density at radius 1 is 1.42 bits per heavy atom. The Morgan fingerprint density at radius 3 is 3.15 bits per heavy atom. The number of piperidine rings is 1. The molecule has 1 N–H and O–H groups in total. The molecule has 0 radical (unpaired) electrons. The predicted molar refractivity (Wildman–Crippen MR) is 103 cm³/mol. The normalized spacial score (nSPS) is 23.3. The summed E-state index contributed by atoms with van der Waals surface area (Å²) < 4.78 is 12.0. The molecule has 1 amide bonds. The van der Waals surface area contributed by atoms with Gasteiger partial charge in [-0.2, -0.15) is 0 Å². The number of ether oxygens (including phenoxy) is 2. The maximum absolute atomic E-state index is 12.6. The van der Waals surface area contributed by atoms with Crippen LogP contribution in [-0.2, 0) is 9.53 Å². The number of methoxy groups -OCH3 is 1. The quantitative estimate of drug-likeness (QED) is 0.871. The second-order valence-electron chi connectivity index (χ2n) is 7.00. The summed E-state index contributed by atoms with van der Waals surface area (Å²) in [6.07, 6.45) is 4.29. The van der Waals surface area contributed by atoms with Gasteiger partial charge < -0.3 is 19.7 Å². The van der Waals surface area contributed by atoms with Crippen molar-refractivity contribution in [2.45, 2.75) is 31.8 Å². The van der Waals surface area contributed by atoms with Gasteiger partial charge in [0.05, 0.1) is 29.3 Å². The van der Waals surface area contributed by atoms with E-state index in [1.54, 1.807) is 18.4 Å². The van der Waals surface area contributed by atoms with E-state index in [1.165, 1.54) is 0 Å². The van der Waals surface area contributed by atoms with Crippen molar-refractivity contribution in [1.29, 1.82) is 0 Å². The average molecular weight is 375 g/mol. The zero-order valence-corrected chi connectivity index (χ0v) is 15.9. The van der Waals surface area contributed by atoms with Gasteiger partial charge in [0, 0.05) is 26.2 Å². The van der Waals surface area contributed by atoms with E-state index in [0.29, 0.717) is 6.54 Å². The van der Waals surface area contributed by atoms with Crippen LogP contribution >= 0.6 is 11.3 Å². The zero-order chi connectivity index (χ0) is 17.9. The maximum Gasteiger partial charge on any atom is 0.224 e. The molecule has 7 heteroatoms. The van der Waals surface area contributed by atoms with Crippen LogP contribution in [0.2, 0.25) is 0 Å². The molecule has 2 saturated heterocycles. The van der Waals surface area contributed by atoms with Gasteiger partial charge in [-0.3, -0.25) is 4.79 Å². The van der Waals surface area contributed by atoms with Crippen molar-refractivity contribution in [3.8, 4) is 5.75 Å². The minimum atomic E-state index is 0.0201. The number of nitrogens with one attached hydrogen (secondary N) is 1. The van der Waals surface area contributed by atoms with Crippen LogP contribution in [0.5, 0.6) is 5.75 Å². The monoisotopic (exact) mass is 375 g/mol. The molecule has 1 aromatic carbocycles. The number of nitrogens with zero attached hydrogens (tertiary/aromatic N) is 2. The summed E-state index contributed by atoms with van der Waals surface area (Å²) in [5.74, 6) is 1.01. The highest BCUT2D eigenvalue weighted by molar-refractivity contribution is 7.22. The van der Waals surface area contributed by atoms with Crippen LogP contribution in [0.15, 0.2) is 18.2 Å². The molecule has 2 atom stereocenters. The summed E-state index contributed by atoms with van der Waals surface area (Å²) in [7, 11) is 1.67. The first-order chi connectivity index (χ1) is 12.7. The molecule has 4 rings (SSSR count). The maximum atomic E-state index is 12.6. The minimum absolute atomic E-state index is 0.0201. The van der Waals surface area contributed by atoms with Gasteiger partial charge in [0.25, 0.3) is 0 Å². The number of amides is 1. The number of benzene rings is 1. The van der Waals surface area contributed by atoms with Crippen LogP contribution in [0.4, 0.5) is 5.13 Å². The Bertz CT molecular complexity index is 772. The first kappa shape index (κ1) is 17.5. The zero-order valence-electron chi connectivity index (χ0n) is 15.1. The third-order valence-electron chi connectivity index (χ3n) is 5.17. The smallest absolute Gasteiger partial charge is 0.224 e. The van der Waals surface area contributed by atoms with E-state index in [0.717, 1.165) is 66.5 Å². The molecule has 0 aliphatic carbocycles. The Morgan fingerprint density at radius 2 is 2.35 bits per heavy atom. The Labute approximate surface area is 157 Å². The van der Waals surface area contributed by atoms with Gasteiger partial charge in [0.1, 0.15) is 5.75 Å². The number of thiazole rings is 1. The molecule has 2 aromatic rings. The highest BCUT2D eigenvalue weighted by Crippen LogP contribution is 2.33. The summed E-state index contributed by atoms with van der Waals surface area (Å²) in [6, 6.07) is 5.94. The lowest BCUT2D eigenvalue weighted by atomic mass is 9.97. The highest BCUT2D eigenvalue weighted by atomic mass is 32.1. The summed E-state index contributed by atoms with van der Waals surface area (Å²) in [4.78, 5) is 19.6. The van der Waals surface area contributed by atoms with Crippen LogP contribution in [0.3, 0.4) is 0 Å². The number of aromatic nitrogens is 1. The van der Waals surface area contributed by atoms with Gasteiger partial charge in [-0.05, 0) is 43.9 Å². The summed E-state index contributed by atoms with van der Waals surface area (Å²) >= 11 is 1.66. The van der Waals surface area contributed by atoms with Crippen LogP contribution < -0.4 is 15.0 Å². The molecule has 0 saturated carbocycles. The fourth-order valence-corrected chi connectivity index (χ4v) is 4.71. The SMILES string of the molecule is COc1ccc2nc(N3CCCC(C(=O)NCC4CCCO4)C3)sc2c1. The van der Waals surface area contributed by atoms with Gasteiger partial charge >= 0.3 is 0 Å². The number of carbonyl (C=O) groups excluding carboxylic acids is 1. The van der Waals surface area contributed by atoms with E-state index in [2.05, 4.69) is 10.2 Å². The van der Waals surface area contributed by atoms with Gasteiger partial charge in [0.2, 0.25) is 5.91 Å². The van der Waals surface area contributed by atoms with Crippen LogP contribution in [0, 0.1) is 5.92 Å². The number of rotatable bonds is 5. The molecule has 140 valence electrons. The second-order valence-corrected chi connectivity index (χ2v) is 8.00. The Hall–Kier alpha value is -1.86. The number of hydrogen-bond donors (Lipinski definition) is 1. The molecule has 0 spiro atoms. The number of hydrogen-bond acceptors (Lipinski definition) is 6. The van der Waals surface area contributed by atoms with Crippen molar-refractivity contribution in [2.24, 2.45) is 5.92 Å². The average Bonchev–Trinajstić information content (AvgIpc) is 3.35. The first-order valence-electron chi connectivity index (χ1n) is 9.32. The van der Waals surface area contributed by atoms with Crippen molar-refractivity contribution >= 4 is 32.6 Å². The van der Waals surface area contributed by atoms with Gasteiger partial charge in [0.15, 0.2) is 5.13 Å². The van der Waals surface area contributed by atoms with Gasteiger partial charge in [-0.25, -0.2) is 4.98 Å². The van der Waals surface area contributed by atoms with Crippen LogP contribution in [0.25, 0.3) is 10.2 Å². The van der Waals surface area contributed by atoms with Crippen molar-refractivity contribution in [3.05, 3.63) is 18.2 Å². The van der Waals surface area contributed by atoms with Crippen molar-refractivity contribution in [3.63, 3.8) is 0 Å². The van der Waals surface area contributed by atoms with E-state index >= 15 is 0 Å². The number of anilines is 1. The Balaban J connectivity index is 1.40. The van der Waals surface area contributed by atoms with Crippen molar-refractivity contribution < 1.29 is 14.3 Å². The summed E-state index contributed by atoms with van der Waals surface area (Å²) in [5.41, 5.74) is 0.982. The second kappa shape index (κ2) is 7.80. The molecule has 1 aromatic heterocycles. The fraction of sp³-hybridized carbons (Fsp3) is 0.579. The standard InChI is InChI=1S/C19H25N3O3S/c1-24-14-6-7-16-17(10-14)26-19(21-16)22-8-2-4-13(12-22)18(23)20-11-15-5-3-9-25-15/h6-7,10,13,15H,2-5,8-9,11-12H2,1H3,(H,20,23). The Kier molecular flexibility index (Phi) is 5.26. The van der Waals surface area contributed by atoms with Crippen LogP contribution in [0.1, 0.15) is 25.7 Å². The molecule has 2 aliphatic heterocycles. The molecule has 2 aliphatic rings. The third-order valence-corrected chi connectivity index (χ3v) is 6.25. The third kappa shape index (κ3) is 3.78. The van der Waals surface area contributed by atoms with E-state index in [9.17, 15) is 4.79 Å². The van der Waals surface area contributed by atoms with Crippen molar-refractivity contribution in [1.82, 2.24) is 10.3 Å². The highest BCUT2D eigenvalue weighted by Gasteiger charge is 2.28. The van der Waals surface area contributed by atoms with Gasteiger partial charge in [-0.1, -0.05) is 11.3 Å². The molecule has 2 fully saturated rings. The van der Waals surface area contributed by atoms with E-state index in [4.69, 9.17) is 14.5 Å². The largest absolute Gasteiger partial charge is 0.497 e. The fourth-order valence-electron chi connectivity index (χ4n) is 3.68. The van der Waals surface area contributed by atoms with Crippen molar-refractivity contribution in [2.75, 3.05) is 38.3 Å². The predicted octanol–water partition coefficient (Wildman–Crippen LogP) is 2.82. The molecule has 26 heavy (non-hydrogen) atoms. The lowest BCUT2D eigenvalue weighted by Crippen LogP contribution is -2.44. The van der Waals surface area contributed by atoms with Crippen LogP contribution in [-0.4, -0.2) is 50.3 Å². The molecular formula is C19H25N3O3S. The molecule has 6 nitrogen and oxygen atoms in total. The van der Waals surface area contributed by atoms with E-state index in [-0.39, 0.29) is 17.9 Å². The lowest BCUT2D eigenvalue weighted by molar-refractivity contribution is -0.125. The summed E-state index contributed by atoms with van der Waals surface area (Å²) in [6.45, 7) is 3.14.